The van der Waals surface area contributed by atoms with Gasteiger partial charge in [0, 0.05) is 80.9 Å². The molecule has 4 N–H and O–H groups in total. The van der Waals surface area contributed by atoms with Crippen LogP contribution in [0.25, 0.3) is 88.7 Å². The lowest BCUT2D eigenvalue weighted by Crippen LogP contribution is -2.06. The predicted molar refractivity (Wildman–Crippen MR) is 334 cm³/mol. The summed E-state index contributed by atoms with van der Waals surface area (Å²) in [5.41, 5.74) is 26.2. The molecule has 0 spiro atoms. The molecule has 0 amide bonds. The number of hydrogen-bond acceptors (Lipinski definition) is 13. The molecule has 10 heterocycles. The summed E-state index contributed by atoms with van der Waals surface area (Å²) in [7, 11) is 5.57. The van der Waals surface area contributed by atoms with Gasteiger partial charge in [0.05, 0.1) is 86.2 Å². The topological polar surface area (TPSA) is 229 Å². The molecule has 0 fully saturated rings. The van der Waals surface area contributed by atoms with Gasteiger partial charge in [-0.15, -0.1) is 0 Å². The minimum absolute atomic E-state index is 0.167. The van der Waals surface area contributed by atoms with Crippen LogP contribution in [-0.4, -0.2) is 92.2 Å². The molecule has 0 radical (unpaired) electrons. The van der Waals surface area contributed by atoms with Crippen molar-refractivity contribution in [1.82, 2.24) is 39.9 Å². The SMILES string of the molecule is COC(=O)CCC1=C(C)c2cc3cc(C)c(cc4[nH]c(cc5nc(cc1n2)C(CCC(=O)OC)=C5C)c(C)c4C(C)OC(C)c1c(C)c2cc4nc(cc5nc(cc6cc(C)c(cc1[nH]2)[nH]6)C(C)=C5CCC(=O)OC)C(CCC(=O)OC)=C4C)[nH]3. The van der Waals surface area contributed by atoms with Crippen molar-refractivity contribution in [2.75, 3.05) is 28.4 Å². The average molecular weight is 1150 g/mol. The maximum atomic E-state index is 12.6. The molecule has 4 aliphatic rings. The third kappa shape index (κ3) is 11.9. The number of aryl methyl sites for hydroxylation is 4. The fourth-order valence-corrected chi connectivity index (χ4v) is 12.2. The fraction of sp³-hybridized carbons (Fsp3) is 0.353. The molecule has 2 atom stereocenters. The highest BCUT2D eigenvalue weighted by molar-refractivity contribution is 5.98. The van der Waals surface area contributed by atoms with E-state index in [-0.39, 0.29) is 49.6 Å². The van der Waals surface area contributed by atoms with Gasteiger partial charge in [0.25, 0.3) is 0 Å². The summed E-state index contributed by atoms with van der Waals surface area (Å²) >= 11 is 0. The number of rotatable bonds is 16. The van der Waals surface area contributed by atoms with Gasteiger partial charge < -0.3 is 43.6 Å². The van der Waals surface area contributed by atoms with Gasteiger partial charge in [-0.05, 0) is 222 Å². The Kier molecular flexibility index (Phi) is 16.9. The highest BCUT2D eigenvalue weighted by Crippen LogP contribution is 2.42. The van der Waals surface area contributed by atoms with E-state index < -0.39 is 12.2 Å². The fourth-order valence-electron chi connectivity index (χ4n) is 12.2. The van der Waals surface area contributed by atoms with Crippen molar-refractivity contribution in [3.8, 4) is 0 Å². The lowest BCUT2D eigenvalue weighted by atomic mass is 9.98. The summed E-state index contributed by atoms with van der Waals surface area (Å²) in [5.74, 6) is -1.26. The number of aromatic nitrogens is 8. The molecule has 0 aliphatic carbocycles. The molecule has 10 rings (SSSR count). The van der Waals surface area contributed by atoms with E-state index in [1.54, 1.807) is 0 Å². The van der Waals surface area contributed by atoms with Crippen molar-refractivity contribution in [2.45, 2.75) is 133 Å². The molecular formula is C68H74N8O9. The Labute approximate surface area is 494 Å². The molecule has 17 nitrogen and oxygen atoms in total. The van der Waals surface area contributed by atoms with E-state index in [1.807, 2.05) is 52.0 Å². The molecular weight excluding hydrogens is 1070 g/mol. The van der Waals surface area contributed by atoms with Gasteiger partial charge in [0.15, 0.2) is 0 Å². The van der Waals surface area contributed by atoms with Crippen LogP contribution in [-0.2, 0) is 42.9 Å². The number of nitrogens with one attached hydrogen (secondary N) is 4. The first kappa shape index (κ1) is 59.2. The summed E-state index contributed by atoms with van der Waals surface area (Å²) in [4.78, 5) is 86.0. The third-order valence-corrected chi connectivity index (χ3v) is 17.2. The molecule has 0 aromatic carbocycles. The standard InChI is InChI=1S/C68H74N8O9/c1-33-23-43-25-51-35(3)45(15-19-63(77)81-11)57(71-51)31-59-47(17-21-65(79)83-13)37(5)53(73-59)29-55-39(7)67(61(75-55)27-49(33)69-43)41(9)85-42(10)68-40(8)56-30-54-38(6)48(18-22-66(80)84-14)60(74-54)32-58-46(16-20-64(78)82-12)36(4)52(72-58)26-44-24-34(2)50(70-44)28-62(68)76-56/h23-32,41-42,69-70,75-76H,15-22H2,1-14H3. The Hall–Kier alpha value is -8.96. The number of aromatic amines is 4. The zero-order chi connectivity index (χ0) is 60.7. The second kappa shape index (κ2) is 24.3. The van der Waals surface area contributed by atoms with E-state index >= 15 is 0 Å². The van der Waals surface area contributed by atoms with Crippen LogP contribution in [0.15, 0.2) is 60.7 Å². The monoisotopic (exact) mass is 1150 g/mol. The quantitative estimate of drug-likeness (QED) is 0.0523. The average Bonchev–Trinajstić information content (AvgIpc) is 4.43. The van der Waals surface area contributed by atoms with Crippen molar-refractivity contribution in [1.29, 1.82) is 0 Å². The predicted octanol–water partition coefficient (Wildman–Crippen LogP) is 14.6. The molecule has 16 bridgehead atoms. The van der Waals surface area contributed by atoms with Gasteiger partial charge in [0.1, 0.15) is 0 Å². The minimum atomic E-state index is -0.449. The van der Waals surface area contributed by atoms with E-state index in [2.05, 4.69) is 97.9 Å². The summed E-state index contributed by atoms with van der Waals surface area (Å²) in [6.45, 7) is 20.7. The molecule has 17 heteroatoms. The van der Waals surface area contributed by atoms with Crippen LogP contribution >= 0.6 is 0 Å². The number of esters is 4. The number of methoxy groups -OCH3 is 4. The zero-order valence-electron chi connectivity index (χ0n) is 51.0. The molecule has 4 aliphatic heterocycles. The zero-order valence-corrected chi connectivity index (χ0v) is 51.0. The number of carbonyl (C=O) groups excluding carboxylic acids is 4. The molecule has 0 saturated carbocycles. The summed E-state index contributed by atoms with van der Waals surface area (Å²) in [6.07, 6.45) is 1.47. The van der Waals surface area contributed by atoms with Gasteiger partial charge in [-0.1, -0.05) is 0 Å². The van der Waals surface area contributed by atoms with Gasteiger partial charge in [0.2, 0.25) is 0 Å². The first-order valence-corrected chi connectivity index (χ1v) is 28.9. The first-order chi connectivity index (χ1) is 40.7. The largest absolute Gasteiger partial charge is 0.469 e. The van der Waals surface area contributed by atoms with Crippen molar-refractivity contribution >= 4 is 113 Å². The molecule has 2 unspecified atom stereocenters. The number of hydrogen-bond donors (Lipinski definition) is 4. The smallest absolute Gasteiger partial charge is 0.305 e. The molecule has 6 aromatic heterocycles. The van der Waals surface area contributed by atoms with E-state index in [9.17, 15) is 19.2 Å². The van der Waals surface area contributed by atoms with Gasteiger partial charge in [-0.25, -0.2) is 19.9 Å². The minimum Gasteiger partial charge on any atom is -0.469 e. The number of ether oxygens (including phenoxy) is 5. The normalized spacial score (nSPS) is 14.1. The molecule has 6 aromatic rings. The molecule has 85 heavy (non-hydrogen) atoms. The van der Waals surface area contributed by atoms with E-state index in [0.29, 0.717) is 48.5 Å². The lowest BCUT2D eigenvalue weighted by Gasteiger charge is -2.20. The van der Waals surface area contributed by atoms with Crippen molar-refractivity contribution in [3.05, 3.63) is 140 Å². The number of fused-ring (bicyclic) bond motifs is 16. The van der Waals surface area contributed by atoms with Crippen LogP contribution in [0, 0.1) is 27.7 Å². The van der Waals surface area contributed by atoms with Crippen molar-refractivity contribution in [3.63, 3.8) is 0 Å². The van der Waals surface area contributed by atoms with Crippen LogP contribution in [0.2, 0.25) is 0 Å². The van der Waals surface area contributed by atoms with Crippen LogP contribution < -0.4 is 0 Å². The van der Waals surface area contributed by atoms with Crippen LogP contribution in [0.1, 0.15) is 184 Å². The number of carbonyl (C=O) groups is 4. The Morgan fingerprint density at radius 1 is 0.365 bits per heavy atom. The van der Waals surface area contributed by atoms with Gasteiger partial charge in [-0.2, -0.15) is 0 Å². The number of allylic oxidation sites excluding steroid dienone is 8. The van der Waals surface area contributed by atoms with Crippen LogP contribution in [0.3, 0.4) is 0 Å². The Morgan fingerprint density at radius 3 is 0.953 bits per heavy atom. The van der Waals surface area contributed by atoms with Crippen LogP contribution in [0.5, 0.6) is 0 Å². The first-order valence-electron chi connectivity index (χ1n) is 28.9. The molecule has 440 valence electrons. The number of nitrogens with zero attached hydrogens (tertiary/aromatic N) is 4. The van der Waals surface area contributed by atoms with Crippen molar-refractivity contribution in [2.24, 2.45) is 0 Å². The van der Waals surface area contributed by atoms with E-state index in [4.69, 9.17) is 43.6 Å². The van der Waals surface area contributed by atoms with E-state index in [0.717, 1.165) is 145 Å². The third-order valence-electron chi connectivity index (χ3n) is 17.2. The summed E-state index contributed by atoms with van der Waals surface area (Å²) in [6, 6.07) is 20.6. The Morgan fingerprint density at radius 2 is 0.659 bits per heavy atom. The van der Waals surface area contributed by atoms with Gasteiger partial charge in [-0.3, -0.25) is 19.2 Å². The molecule has 0 saturated heterocycles. The Bertz CT molecular complexity index is 4000. The second-order valence-corrected chi connectivity index (χ2v) is 22.4. The van der Waals surface area contributed by atoms with Crippen LogP contribution in [0.4, 0.5) is 0 Å². The number of H-pyrrole nitrogens is 4. The second-order valence-electron chi connectivity index (χ2n) is 22.4. The van der Waals surface area contributed by atoms with Gasteiger partial charge >= 0.3 is 23.9 Å². The summed E-state index contributed by atoms with van der Waals surface area (Å²) < 4.78 is 27.6. The highest BCUT2D eigenvalue weighted by Gasteiger charge is 2.28. The summed E-state index contributed by atoms with van der Waals surface area (Å²) in [5, 5.41) is 0. The highest BCUT2D eigenvalue weighted by atomic mass is 16.5. The lowest BCUT2D eigenvalue weighted by molar-refractivity contribution is -0.141. The Balaban J connectivity index is 1.13. The van der Waals surface area contributed by atoms with E-state index in [1.165, 1.54) is 28.4 Å². The van der Waals surface area contributed by atoms with Crippen molar-refractivity contribution < 1.29 is 42.9 Å². The maximum absolute atomic E-state index is 12.6. The maximum Gasteiger partial charge on any atom is 0.305 e.